The Balaban J connectivity index is 2.19. The number of amides is 1. The molecular weight excluding hydrogens is 358 g/mol. The highest BCUT2D eigenvalue weighted by Crippen LogP contribution is 2.25. The smallest absolute Gasteiger partial charge is 0.337 e. The number of carbonyl (C=O) groups excluding carboxylic acids is 1. The SMILES string of the molecule is CCCCCCCNC(=O)CCCCCNc1ccc(C=[N+]=N)cc1[N+](=O)[O-]. The van der Waals surface area contributed by atoms with Crippen LogP contribution in [0.4, 0.5) is 11.4 Å². The highest BCUT2D eigenvalue weighted by Gasteiger charge is 2.15. The number of carbonyl (C=O) groups is 1. The molecule has 0 aliphatic carbocycles. The third kappa shape index (κ3) is 9.83. The van der Waals surface area contributed by atoms with E-state index < -0.39 is 4.92 Å². The highest BCUT2D eigenvalue weighted by atomic mass is 16.6. The lowest BCUT2D eigenvalue weighted by molar-refractivity contribution is -0.384. The van der Waals surface area contributed by atoms with Crippen molar-refractivity contribution in [2.75, 3.05) is 18.4 Å². The summed E-state index contributed by atoms with van der Waals surface area (Å²) in [6, 6.07) is 4.70. The monoisotopic (exact) mass is 390 g/mol. The molecule has 8 heteroatoms. The maximum atomic E-state index is 11.8. The first-order valence-electron chi connectivity index (χ1n) is 10.1. The molecule has 154 valence electrons. The van der Waals surface area contributed by atoms with Gasteiger partial charge in [-0.3, -0.25) is 14.9 Å². The maximum Gasteiger partial charge on any atom is 0.337 e. The lowest BCUT2D eigenvalue weighted by atomic mass is 10.1. The Labute approximate surface area is 166 Å². The van der Waals surface area contributed by atoms with Gasteiger partial charge in [0.25, 0.3) is 5.69 Å². The van der Waals surface area contributed by atoms with E-state index >= 15 is 0 Å². The normalized spacial score (nSPS) is 10.2. The minimum atomic E-state index is -0.448. The summed E-state index contributed by atoms with van der Waals surface area (Å²) < 4.78 is 0. The molecule has 0 fully saturated rings. The Morgan fingerprint density at radius 1 is 1.14 bits per heavy atom. The summed E-state index contributed by atoms with van der Waals surface area (Å²) in [5, 5.41) is 17.2. The summed E-state index contributed by atoms with van der Waals surface area (Å²) >= 11 is 0. The van der Waals surface area contributed by atoms with Crippen LogP contribution >= 0.6 is 0 Å². The Hall–Kier alpha value is -2.73. The van der Waals surface area contributed by atoms with Crippen molar-refractivity contribution in [2.45, 2.75) is 64.7 Å². The molecule has 0 aromatic heterocycles. The second kappa shape index (κ2) is 14.3. The molecule has 1 aromatic rings. The summed E-state index contributed by atoms with van der Waals surface area (Å²) in [4.78, 5) is 25.6. The van der Waals surface area contributed by atoms with Crippen molar-refractivity contribution in [2.24, 2.45) is 0 Å². The Morgan fingerprint density at radius 2 is 1.86 bits per heavy atom. The van der Waals surface area contributed by atoms with E-state index in [0.29, 0.717) is 24.2 Å². The number of hydrogen-bond donors (Lipinski definition) is 3. The van der Waals surface area contributed by atoms with Gasteiger partial charge in [0.15, 0.2) is 0 Å². The molecule has 1 aromatic carbocycles. The van der Waals surface area contributed by atoms with Gasteiger partial charge in [0, 0.05) is 30.4 Å². The summed E-state index contributed by atoms with van der Waals surface area (Å²) in [5.41, 5.74) is 7.74. The molecule has 1 rings (SSSR count). The van der Waals surface area contributed by atoms with E-state index in [1.807, 2.05) is 0 Å². The molecule has 0 unspecified atom stereocenters. The van der Waals surface area contributed by atoms with E-state index in [2.05, 4.69) is 22.3 Å². The van der Waals surface area contributed by atoms with Gasteiger partial charge in [-0.05, 0) is 31.4 Å². The summed E-state index contributed by atoms with van der Waals surface area (Å²) in [6.45, 7) is 3.55. The fraction of sp³-hybridized carbons (Fsp3) is 0.600. The van der Waals surface area contributed by atoms with Gasteiger partial charge in [0.2, 0.25) is 5.91 Å². The van der Waals surface area contributed by atoms with Gasteiger partial charge in [0.05, 0.1) is 16.0 Å². The topological polar surface area (TPSA) is 122 Å². The van der Waals surface area contributed by atoms with Crippen molar-refractivity contribution in [1.29, 1.82) is 5.53 Å². The van der Waals surface area contributed by atoms with Crippen LogP contribution in [0.5, 0.6) is 0 Å². The van der Waals surface area contributed by atoms with Crippen LogP contribution in [-0.2, 0) is 4.79 Å². The highest BCUT2D eigenvalue weighted by molar-refractivity contribution is 5.79. The van der Waals surface area contributed by atoms with Crippen LogP contribution in [0, 0.1) is 15.6 Å². The lowest BCUT2D eigenvalue weighted by Gasteiger charge is -2.08. The average molecular weight is 391 g/mol. The summed E-state index contributed by atoms with van der Waals surface area (Å²) in [5.74, 6) is 0.103. The first-order chi connectivity index (χ1) is 13.6. The number of benzene rings is 1. The molecule has 0 saturated heterocycles. The fourth-order valence-electron chi connectivity index (χ4n) is 2.86. The molecule has 0 spiro atoms. The number of nitrogens with one attached hydrogen (secondary N) is 3. The van der Waals surface area contributed by atoms with E-state index in [1.165, 1.54) is 38.0 Å². The second-order valence-electron chi connectivity index (χ2n) is 6.79. The van der Waals surface area contributed by atoms with Gasteiger partial charge < -0.3 is 10.6 Å². The largest absolute Gasteiger partial charge is 0.379 e. The lowest BCUT2D eigenvalue weighted by Crippen LogP contribution is -2.24. The molecule has 28 heavy (non-hydrogen) atoms. The summed E-state index contributed by atoms with van der Waals surface area (Å²) in [6.07, 6.45) is 10.2. The van der Waals surface area contributed by atoms with Crippen molar-refractivity contribution < 1.29 is 14.5 Å². The predicted octanol–water partition coefficient (Wildman–Crippen LogP) is 4.31. The third-order valence-electron chi connectivity index (χ3n) is 4.43. The maximum absolute atomic E-state index is 11.8. The first-order valence-corrected chi connectivity index (χ1v) is 10.1. The molecule has 1 amide bonds. The average Bonchev–Trinajstić information content (AvgIpc) is 2.68. The van der Waals surface area contributed by atoms with Gasteiger partial charge >= 0.3 is 6.21 Å². The number of anilines is 1. The van der Waals surface area contributed by atoms with Crippen LogP contribution < -0.4 is 10.6 Å². The minimum absolute atomic E-state index is 0.0317. The van der Waals surface area contributed by atoms with Crippen molar-refractivity contribution in [1.82, 2.24) is 5.32 Å². The number of unbranched alkanes of at least 4 members (excludes halogenated alkanes) is 6. The van der Waals surface area contributed by atoms with E-state index in [1.54, 1.807) is 12.1 Å². The molecule has 0 heterocycles. The Morgan fingerprint density at radius 3 is 2.57 bits per heavy atom. The van der Waals surface area contributed by atoms with Crippen molar-refractivity contribution >= 4 is 23.5 Å². The van der Waals surface area contributed by atoms with E-state index in [4.69, 9.17) is 5.53 Å². The van der Waals surface area contributed by atoms with Crippen molar-refractivity contribution in [3.63, 3.8) is 0 Å². The zero-order valence-electron chi connectivity index (χ0n) is 16.7. The van der Waals surface area contributed by atoms with E-state index in [0.717, 1.165) is 32.2 Å². The second-order valence-corrected chi connectivity index (χ2v) is 6.79. The zero-order chi connectivity index (χ0) is 20.6. The van der Waals surface area contributed by atoms with Crippen molar-refractivity contribution in [3.05, 3.63) is 33.9 Å². The number of rotatable bonds is 15. The van der Waals surface area contributed by atoms with Gasteiger partial charge in [-0.2, -0.15) is 0 Å². The van der Waals surface area contributed by atoms with Gasteiger partial charge in [0.1, 0.15) is 5.69 Å². The standard InChI is InChI=1S/C20H31N5O3/c1-2-3-4-5-8-14-23-20(26)10-7-6-9-13-22-18-12-11-17(16-24-21)15-19(18)25(27)28/h11-12,15-16,21H,2-10,13-14H2,1H3,(H,23,26)/p+1. The van der Waals surface area contributed by atoms with Crippen LogP contribution in [0.3, 0.4) is 0 Å². The van der Waals surface area contributed by atoms with Crippen LogP contribution in [0.15, 0.2) is 18.2 Å². The van der Waals surface area contributed by atoms with Gasteiger partial charge in [-0.25, -0.2) is 0 Å². The van der Waals surface area contributed by atoms with Crippen molar-refractivity contribution in [3.8, 4) is 0 Å². The number of nitro groups is 1. The predicted molar refractivity (Wildman–Crippen MR) is 110 cm³/mol. The van der Waals surface area contributed by atoms with Gasteiger partial charge in [-0.1, -0.05) is 39.0 Å². The first kappa shape index (κ1) is 23.3. The molecule has 0 aliphatic rings. The molecule has 0 saturated carbocycles. The third-order valence-corrected chi connectivity index (χ3v) is 4.43. The summed E-state index contributed by atoms with van der Waals surface area (Å²) in [7, 11) is 0. The Kier molecular flexibility index (Phi) is 11.9. The van der Waals surface area contributed by atoms with Crippen LogP contribution in [0.1, 0.15) is 70.3 Å². The van der Waals surface area contributed by atoms with Gasteiger partial charge in [-0.15, -0.1) is 0 Å². The number of hydrogen-bond acceptors (Lipinski definition) is 5. The molecule has 0 radical (unpaired) electrons. The fourth-order valence-corrected chi connectivity index (χ4v) is 2.86. The Bertz CT molecular complexity index is 672. The molecule has 0 atom stereocenters. The number of nitro benzene ring substituents is 1. The van der Waals surface area contributed by atoms with Crippen LogP contribution in [0.2, 0.25) is 0 Å². The molecule has 0 bridgehead atoms. The molecule has 0 aliphatic heterocycles. The zero-order valence-corrected chi connectivity index (χ0v) is 16.7. The minimum Gasteiger partial charge on any atom is -0.379 e. The molecule has 8 nitrogen and oxygen atoms in total. The molecule has 3 N–H and O–H groups in total. The van der Waals surface area contributed by atoms with Crippen LogP contribution in [-0.4, -0.2) is 34.9 Å². The quantitative estimate of drug-likeness (QED) is 0.103. The van der Waals surface area contributed by atoms with E-state index in [9.17, 15) is 14.9 Å². The van der Waals surface area contributed by atoms with E-state index in [-0.39, 0.29) is 11.6 Å². The number of nitrogens with zero attached hydrogens (tertiary/aromatic N) is 2. The molecular formula is C20H32N5O3+. The van der Waals surface area contributed by atoms with Crippen LogP contribution in [0.25, 0.3) is 0 Å².